The Balaban J connectivity index is 2.74. The summed E-state index contributed by atoms with van der Waals surface area (Å²) in [6.45, 7) is 0. The van der Waals surface area contributed by atoms with Crippen molar-refractivity contribution in [3.8, 4) is 11.8 Å². The van der Waals surface area contributed by atoms with Gasteiger partial charge in [0.25, 0.3) is 11.8 Å². The number of ether oxygens (including phenoxy) is 2. The van der Waals surface area contributed by atoms with Crippen LogP contribution < -0.4 is 14.8 Å². The van der Waals surface area contributed by atoms with Gasteiger partial charge in [-0.15, -0.1) is 0 Å². The van der Waals surface area contributed by atoms with Crippen LogP contribution >= 0.6 is 35.8 Å². The zero-order chi connectivity index (χ0) is 15.6. The van der Waals surface area contributed by atoms with Crippen molar-refractivity contribution in [2.75, 3.05) is 25.3 Å². The lowest BCUT2D eigenvalue weighted by Gasteiger charge is -2.13. The molecule has 1 heterocycles. The highest BCUT2D eigenvalue weighted by Gasteiger charge is 2.18. The van der Waals surface area contributed by atoms with Gasteiger partial charge in [0.2, 0.25) is 5.91 Å². The molecule has 0 saturated carbocycles. The van der Waals surface area contributed by atoms with E-state index in [1.165, 1.54) is 20.3 Å². The van der Waals surface area contributed by atoms with Crippen LogP contribution in [0.1, 0.15) is 0 Å². The summed E-state index contributed by atoms with van der Waals surface area (Å²) in [6.07, 6.45) is 0. The fourth-order valence-electron chi connectivity index (χ4n) is 1.67. The number of amides is 1. The summed E-state index contributed by atoms with van der Waals surface area (Å²) in [5, 5.41) is 3.01. The van der Waals surface area contributed by atoms with Gasteiger partial charge in [0.05, 0.1) is 41.2 Å². The number of rotatable bonds is 4. The number of thiol groups is 1. The number of halogens is 2. The summed E-state index contributed by atoms with van der Waals surface area (Å²) in [4.78, 5) is 20.1. The first-order valence-corrected chi connectivity index (χ1v) is 7.09. The van der Waals surface area contributed by atoms with Gasteiger partial charge in [-0.25, -0.2) is 9.97 Å². The molecule has 0 atom stereocenters. The molecule has 1 aromatic heterocycles. The summed E-state index contributed by atoms with van der Waals surface area (Å²) < 4.78 is 10.2. The van der Waals surface area contributed by atoms with E-state index in [-0.39, 0.29) is 39.2 Å². The van der Waals surface area contributed by atoms with E-state index < -0.39 is 0 Å². The standard InChI is InChI=1S/C12H11Cl2N3O3S/c1-19-11-12(20-2)17-9-6(15-11)3-5(13)8(14)10(9)16-7(18)4-21/h3,21H,4H2,1-2H3,(H,16,18). The molecule has 112 valence electrons. The molecular weight excluding hydrogens is 337 g/mol. The van der Waals surface area contributed by atoms with Crippen molar-refractivity contribution in [3.05, 3.63) is 16.1 Å². The van der Waals surface area contributed by atoms with Crippen LogP contribution in [0.2, 0.25) is 10.0 Å². The van der Waals surface area contributed by atoms with Gasteiger partial charge in [0, 0.05) is 0 Å². The highest BCUT2D eigenvalue weighted by atomic mass is 35.5. The Hall–Kier alpha value is -1.44. The molecule has 2 aromatic rings. The Labute approximate surface area is 136 Å². The number of fused-ring (bicyclic) bond motifs is 1. The Morgan fingerprint density at radius 3 is 2.48 bits per heavy atom. The Bertz CT molecular complexity index is 712. The molecule has 0 spiro atoms. The van der Waals surface area contributed by atoms with Crippen molar-refractivity contribution < 1.29 is 14.3 Å². The molecule has 1 amide bonds. The fraction of sp³-hybridized carbons (Fsp3) is 0.250. The minimum Gasteiger partial charge on any atom is -0.477 e. The highest BCUT2D eigenvalue weighted by molar-refractivity contribution is 7.81. The molecule has 1 N–H and O–H groups in total. The first-order chi connectivity index (χ1) is 10.0. The SMILES string of the molecule is COc1nc2cc(Cl)c(Cl)c(NC(=O)CS)c2nc1OC. The number of anilines is 1. The Kier molecular flexibility index (Phi) is 4.97. The third-order valence-corrected chi connectivity index (χ3v) is 3.66. The van der Waals surface area contributed by atoms with E-state index in [1.807, 2.05) is 0 Å². The average Bonchev–Trinajstić information content (AvgIpc) is 2.50. The Morgan fingerprint density at radius 1 is 1.29 bits per heavy atom. The van der Waals surface area contributed by atoms with Crippen LogP contribution in [0.15, 0.2) is 6.07 Å². The predicted octanol–water partition coefficient (Wildman–Crippen LogP) is 2.82. The summed E-state index contributed by atoms with van der Waals surface area (Å²) in [5.41, 5.74) is 1.01. The minimum absolute atomic E-state index is 0.00888. The molecule has 21 heavy (non-hydrogen) atoms. The molecule has 2 rings (SSSR count). The second kappa shape index (κ2) is 6.55. The van der Waals surface area contributed by atoms with Crippen LogP contribution in [0.4, 0.5) is 5.69 Å². The zero-order valence-electron chi connectivity index (χ0n) is 11.1. The van der Waals surface area contributed by atoms with Gasteiger partial charge in [0.15, 0.2) is 0 Å². The van der Waals surface area contributed by atoms with Gasteiger partial charge in [0.1, 0.15) is 5.52 Å². The van der Waals surface area contributed by atoms with Crippen molar-refractivity contribution in [1.29, 1.82) is 0 Å². The fourth-order valence-corrected chi connectivity index (χ4v) is 2.14. The summed E-state index contributed by atoms with van der Waals surface area (Å²) in [6, 6.07) is 1.53. The quantitative estimate of drug-likeness (QED) is 0.832. The third-order valence-electron chi connectivity index (χ3n) is 2.59. The Morgan fingerprint density at radius 2 is 1.90 bits per heavy atom. The van der Waals surface area contributed by atoms with Crippen LogP contribution in [-0.2, 0) is 4.79 Å². The number of carbonyl (C=O) groups is 1. The normalized spacial score (nSPS) is 10.5. The minimum atomic E-state index is -0.347. The monoisotopic (exact) mass is 347 g/mol. The second-order valence-electron chi connectivity index (χ2n) is 3.86. The third kappa shape index (κ3) is 3.09. The van der Waals surface area contributed by atoms with Gasteiger partial charge < -0.3 is 14.8 Å². The number of hydrogen-bond donors (Lipinski definition) is 2. The highest BCUT2D eigenvalue weighted by Crippen LogP contribution is 2.38. The molecule has 1 aromatic carbocycles. The van der Waals surface area contributed by atoms with E-state index in [2.05, 4.69) is 27.9 Å². The van der Waals surface area contributed by atoms with Crippen LogP contribution in [0, 0.1) is 0 Å². The molecule has 0 aliphatic heterocycles. The maximum absolute atomic E-state index is 11.6. The molecule has 0 fully saturated rings. The molecule has 0 unspecified atom stereocenters. The van der Waals surface area contributed by atoms with Crippen molar-refractivity contribution in [1.82, 2.24) is 9.97 Å². The van der Waals surface area contributed by atoms with Gasteiger partial charge in [-0.1, -0.05) is 23.2 Å². The van der Waals surface area contributed by atoms with Gasteiger partial charge in [-0.2, -0.15) is 12.6 Å². The van der Waals surface area contributed by atoms with E-state index in [1.54, 1.807) is 0 Å². The lowest BCUT2D eigenvalue weighted by atomic mass is 10.2. The number of methoxy groups -OCH3 is 2. The number of benzene rings is 1. The zero-order valence-corrected chi connectivity index (χ0v) is 13.5. The van der Waals surface area contributed by atoms with Crippen molar-refractivity contribution in [2.45, 2.75) is 0 Å². The molecular formula is C12H11Cl2N3O3S. The van der Waals surface area contributed by atoms with Gasteiger partial charge in [-0.05, 0) is 6.07 Å². The maximum atomic E-state index is 11.6. The van der Waals surface area contributed by atoms with E-state index in [0.717, 1.165) is 0 Å². The van der Waals surface area contributed by atoms with E-state index in [4.69, 9.17) is 32.7 Å². The first-order valence-electron chi connectivity index (χ1n) is 5.70. The predicted molar refractivity (Wildman–Crippen MR) is 85.1 cm³/mol. The smallest absolute Gasteiger partial charge is 0.278 e. The largest absolute Gasteiger partial charge is 0.477 e. The van der Waals surface area contributed by atoms with Gasteiger partial charge in [-0.3, -0.25) is 4.79 Å². The summed E-state index contributed by atoms with van der Waals surface area (Å²) in [7, 11) is 2.88. The van der Waals surface area contributed by atoms with E-state index in [0.29, 0.717) is 11.0 Å². The van der Waals surface area contributed by atoms with Crippen LogP contribution in [0.3, 0.4) is 0 Å². The molecule has 9 heteroatoms. The average molecular weight is 348 g/mol. The van der Waals surface area contributed by atoms with Crippen molar-refractivity contribution in [3.63, 3.8) is 0 Å². The maximum Gasteiger partial charge on any atom is 0.278 e. The topological polar surface area (TPSA) is 73.3 Å². The van der Waals surface area contributed by atoms with Crippen LogP contribution in [0.5, 0.6) is 11.8 Å². The van der Waals surface area contributed by atoms with Gasteiger partial charge >= 0.3 is 0 Å². The molecule has 6 nitrogen and oxygen atoms in total. The molecule has 0 saturated heterocycles. The second-order valence-corrected chi connectivity index (χ2v) is 4.96. The molecule has 0 radical (unpaired) electrons. The lowest BCUT2D eigenvalue weighted by Crippen LogP contribution is -2.14. The molecule has 0 bridgehead atoms. The van der Waals surface area contributed by atoms with E-state index in [9.17, 15) is 4.79 Å². The number of hydrogen-bond acceptors (Lipinski definition) is 6. The first kappa shape index (κ1) is 15.9. The van der Waals surface area contributed by atoms with E-state index >= 15 is 0 Å². The van der Waals surface area contributed by atoms with Crippen molar-refractivity contribution in [2.24, 2.45) is 0 Å². The number of aromatic nitrogens is 2. The lowest BCUT2D eigenvalue weighted by molar-refractivity contribution is -0.113. The number of carbonyl (C=O) groups excluding carboxylic acids is 1. The van der Waals surface area contributed by atoms with Crippen LogP contribution in [-0.4, -0.2) is 35.8 Å². The van der Waals surface area contributed by atoms with Crippen molar-refractivity contribution >= 4 is 58.5 Å². The molecule has 0 aliphatic rings. The van der Waals surface area contributed by atoms with Crippen LogP contribution in [0.25, 0.3) is 11.0 Å². The number of nitrogens with one attached hydrogen (secondary N) is 1. The molecule has 0 aliphatic carbocycles. The summed E-state index contributed by atoms with van der Waals surface area (Å²) >= 11 is 16.1. The number of nitrogens with zero attached hydrogens (tertiary/aromatic N) is 2. The summed E-state index contributed by atoms with van der Waals surface area (Å²) in [5.74, 6) is 0.0189.